The number of hydrogen-bond donors (Lipinski definition) is 4. The van der Waals surface area contributed by atoms with Crippen LogP contribution >= 0.6 is 0 Å². The molecule has 0 heterocycles. The molecule has 0 spiro atoms. The molecule has 4 aromatic carbocycles. The molecule has 10 heteroatoms. The van der Waals surface area contributed by atoms with Gasteiger partial charge in [0.1, 0.15) is 31.9 Å². The average Bonchev–Trinajstić information content (AvgIpc) is 3.05. The number of alkyl carbamates (subject to hydrolysis) is 1. The van der Waals surface area contributed by atoms with E-state index in [0.29, 0.717) is 23.7 Å². The number of benzene rings is 4. The minimum atomic E-state index is -1.45. The molecule has 2 amide bonds. The molecule has 0 bridgehead atoms. The fourth-order valence-electron chi connectivity index (χ4n) is 4.38. The van der Waals surface area contributed by atoms with Crippen LogP contribution in [0.25, 0.3) is 0 Å². The third-order valence-corrected chi connectivity index (χ3v) is 6.79. The van der Waals surface area contributed by atoms with Gasteiger partial charge >= 0.3 is 12.1 Å². The van der Waals surface area contributed by atoms with E-state index in [1.807, 2.05) is 66.7 Å². The maximum Gasteiger partial charge on any atom is 0.408 e. The summed E-state index contributed by atoms with van der Waals surface area (Å²) in [5.41, 5.74) is 3.20. The number of carboxylic acids is 1. The molecule has 45 heavy (non-hydrogen) atoms. The Morgan fingerprint density at radius 1 is 0.667 bits per heavy atom. The third-order valence-electron chi connectivity index (χ3n) is 6.79. The van der Waals surface area contributed by atoms with Crippen molar-refractivity contribution in [2.75, 3.05) is 0 Å². The number of carbonyl (C=O) groups excluding carboxylic acids is 2. The molecule has 234 valence electrons. The minimum Gasteiger partial charge on any atom is -0.485 e. The van der Waals surface area contributed by atoms with Crippen molar-refractivity contribution >= 4 is 18.0 Å². The van der Waals surface area contributed by atoms with E-state index < -0.39 is 36.2 Å². The van der Waals surface area contributed by atoms with Crippen LogP contribution in [0.4, 0.5) is 4.79 Å². The van der Waals surface area contributed by atoms with Gasteiger partial charge in [-0.3, -0.25) is 4.79 Å². The number of ether oxygens (including phenoxy) is 3. The molecule has 0 saturated carbocycles. The molecule has 3 atom stereocenters. The van der Waals surface area contributed by atoms with E-state index in [-0.39, 0.29) is 19.6 Å². The molecule has 10 nitrogen and oxygen atoms in total. The molecule has 0 fully saturated rings. The first-order chi connectivity index (χ1) is 21.8. The number of carbonyl (C=O) groups is 3. The molecule has 4 rings (SSSR count). The Kier molecular flexibility index (Phi) is 11.9. The van der Waals surface area contributed by atoms with Gasteiger partial charge in [0.05, 0.1) is 6.10 Å². The van der Waals surface area contributed by atoms with Crippen LogP contribution in [0, 0.1) is 0 Å². The Hall–Kier alpha value is -5.35. The zero-order valence-electron chi connectivity index (χ0n) is 24.8. The second kappa shape index (κ2) is 16.5. The Morgan fingerprint density at radius 3 is 1.69 bits per heavy atom. The van der Waals surface area contributed by atoms with Crippen molar-refractivity contribution in [2.24, 2.45) is 0 Å². The Labute approximate surface area is 261 Å². The van der Waals surface area contributed by atoms with Crippen LogP contribution in [0.5, 0.6) is 11.5 Å². The normalized spacial score (nSPS) is 12.7. The number of aliphatic carboxylic acids is 1. The summed E-state index contributed by atoms with van der Waals surface area (Å²) in [6, 6.07) is 30.4. The first kappa shape index (κ1) is 32.6. The lowest BCUT2D eigenvalue weighted by molar-refractivity contribution is -0.142. The smallest absolute Gasteiger partial charge is 0.408 e. The number of aliphatic hydroxyl groups excluding tert-OH is 1. The Morgan fingerprint density at radius 2 is 1.18 bits per heavy atom. The SMILES string of the molecule is C[C@@H](O)[C@H](NC(=O)OCc1ccccc1)C(=O)N[C@H](Cc1ccc(OCc2ccccc2)c(OCc2ccccc2)c1)C(=O)O. The monoisotopic (exact) mass is 612 g/mol. The molecule has 0 saturated heterocycles. The molecular formula is C35H36N2O8. The maximum absolute atomic E-state index is 13.1. The first-order valence-electron chi connectivity index (χ1n) is 14.4. The van der Waals surface area contributed by atoms with Crippen LogP contribution < -0.4 is 20.1 Å². The maximum atomic E-state index is 13.1. The van der Waals surface area contributed by atoms with Gasteiger partial charge in [-0.1, -0.05) is 97.1 Å². The lowest BCUT2D eigenvalue weighted by atomic mass is 10.0. The van der Waals surface area contributed by atoms with E-state index in [2.05, 4.69) is 10.6 Å². The summed E-state index contributed by atoms with van der Waals surface area (Å²) in [6.07, 6.45) is -2.37. The van der Waals surface area contributed by atoms with Crippen molar-refractivity contribution < 1.29 is 38.8 Å². The largest absolute Gasteiger partial charge is 0.485 e. The number of aliphatic hydroxyl groups is 1. The summed E-state index contributed by atoms with van der Waals surface area (Å²) in [5.74, 6) is -1.29. The van der Waals surface area contributed by atoms with Crippen molar-refractivity contribution in [3.63, 3.8) is 0 Å². The zero-order chi connectivity index (χ0) is 32.0. The highest BCUT2D eigenvalue weighted by Gasteiger charge is 2.30. The molecule has 0 aliphatic heterocycles. The van der Waals surface area contributed by atoms with E-state index in [1.165, 1.54) is 6.92 Å². The van der Waals surface area contributed by atoms with Gasteiger partial charge in [0, 0.05) is 6.42 Å². The summed E-state index contributed by atoms with van der Waals surface area (Å²) in [4.78, 5) is 37.6. The highest BCUT2D eigenvalue weighted by Crippen LogP contribution is 2.30. The molecular weight excluding hydrogens is 576 g/mol. The van der Waals surface area contributed by atoms with Gasteiger partial charge in [-0.15, -0.1) is 0 Å². The fourth-order valence-corrected chi connectivity index (χ4v) is 4.38. The van der Waals surface area contributed by atoms with Crippen molar-refractivity contribution in [2.45, 2.75) is 51.4 Å². The van der Waals surface area contributed by atoms with Crippen LogP contribution in [-0.4, -0.2) is 46.4 Å². The molecule has 0 unspecified atom stereocenters. The second-order valence-corrected chi connectivity index (χ2v) is 10.4. The van der Waals surface area contributed by atoms with Crippen molar-refractivity contribution in [1.29, 1.82) is 0 Å². The average molecular weight is 613 g/mol. The van der Waals surface area contributed by atoms with Crippen LogP contribution in [0.1, 0.15) is 29.2 Å². The van der Waals surface area contributed by atoms with Gasteiger partial charge in [0.15, 0.2) is 11.5 Å². The van der Waals surface area contributed by atoms with Gasteiger partial charge in [-0.2, -0.15) is 0 Å². The third kappa shape index (κ3) is 10.4. The van der Waals surface area contributed by atoms with Crippen molar-refractivity contribution in [3.8, 4) is 11.5 Å². The predicted octanol–water partition coefficient (Wildman–Crippen LogP) is 4.63. The van der Waals surface area contributed by atoms with E-state index in [4.69, 9.17) is 14.2 Å². The predicted molar refractivity (Wildman–Crippen MR) is 166 cm³/mol. The number of amides is 2. The van der Waals surface area contributed by atoms with Crippen LogP contribution in [0.2, 0.25) is 0 Å². The van der Waals surface area contributed by atoms with Crippen LogP contribution in [0.3, 0.4) is 0 Å². The van der Waals surface area contributed by atoms with Gasteiger partial charge in [-0.05, 0) is 41.3 Å². The number of hydrogen-bond acceptors (Lipinski definition) is 7. The van der Waals surface area contributed by atoms with E-state index in [0.717, 1.165) is 16.7 Å². The zero-order valence-corrected chi connectivity index (χ0v) is 24.8. The lowest BCUT2D eigenvalue weighted by Gasteiger charge is -2.23. The molecule has 0 aromatic heterocycles. The van der Waals surface area contributed by atoms with E-state index in [9.17, 15) is 24.6 Å². The molecule has 0 radical (unpaired) electrons. The molecule has 0 aliphatic rings. The van der Waals surface area contributed by atoms with E-state index in [1.54, 1.807) is 42.5 Å². The summed E-state index contributed by atoms with van der Waals surface area (Å²) in [6.45, 7) is 1.82. The molecule has 0 aliphatic carbocycles. The highest BCUT2D eigenvalue weighted by molar-refractivity contribution is 5.89. The Bertz CT molecular complexity index is 1530. The summed E-state index contributed by atoms with van der Waals surface area (Å²) >= 11 is 0. The lowest BCUT2D eigenvalue weighted by Crippen LogP contribution is -2.56. The number of carboxylic acid groups (broad SMARTS) is 1. The first-order valence-corrected chi connectivity index (χ1v) is 14.4. The van der Waals surface area contributed by atoms with Crippen molar-refractivity contribution in [1.82, 2.24) is 10.6 Å². The van der Waals surface area contributed by atoms with Crippen LogP contribution in [-0.2, 0) is 40.6 Å². The van der Waals surface area contributed by atoms with E-state index >= 15 is 0 Å². The number of rotatable bonds is 15. The second-order valence-electron chi connectivity index (χ2n) is 10.4. The van der Waals surface area contributed by atoms with Crippen LogP contribution in [0.15, 0.2) is 109 Å². The molecule has 4 N–H and O–H groups in total. The minimum absolute atomic E-state index is 0.0433. The highest BCUT2D eigenvalue weighted by atomic mass is 16.5. The summed E-state index contributed by atoms with van der Waals surface area (Å²) in [7, 11) is 0. The standard InChI is InChI=1S/C35H36N2O8/c1-24(38)32(37-35(42)45-23-27-15-9-4-10-16-27)33(39)36-29(34(40)41)19-28-17-18-30(43-21-25-11-5-2-6-12-25)31(20-28)44-22-26-13-7-3-8-14-26/h2-18,20,24,29,32,38H,19,21-23H2,1H3,(H,36,39)(H,37,42)(H,40,41)/t24-,29-,32+/m1/s1. The van der Waals surface area contributed by atoms with Gasteiger partial charge < -0.3 is 35.1 Å². The van der Waals surface area contributed by atoms with Crippen molar-refractivity contribution in [3.05, 3.63) is 131 Å². The summed E-state index contributed by atoms with van der Waals surface area (Å²) in [5, 5.41) is 24.9. The van der Waals surface area contributed by atoms with Gasteiger partial charge in [0.25, 0.3) is 0 Å². The van der Waals surface area contributed by atoms with Gasteiger partial charge in [0.2, 0.25) is 5.91 Å². The molecule has 4 aromatic rings. The number of nitrogens with one attached hydrogen (secondary N) is 2. The quantitative estimate of drug-likeness (QED) is 0.152. The fraction of sp³-hybridized carbons (Fsp3) is 0.229. The summed E-state index contributed by atoms with van der Waals surface area (Å²) < 4.78 is 17.3. The van der Waals surface area contributed by atoms with Gasteiger partial charge in [-0.25, -0.2) is 9.59 Å². The Balaban J connectivity index is 1.44. The topological polar surface area (TPSA) is 143 Å².